The van der Waals surface area contributed by atoms with E-state index < -0.39 is 10.2 Å². The van der Waals surface area contributed by atoms with Crippen LogP contribution in [0.5, 0.6) is 0 Å². The molecule has 0 amide bonds. The molecule has 6 heteroatoms. The first kappa shape index (κ1) is 17.2. The van der Waals surface area contributed by atoms with Crippen molar-refractivity contribution in [2.45, 2.75) is 57.9 Å². The average Bonchev–Trinajstić information content (AvgIpc) is 2.48. The number of nitrogens with one attached hydrogen (secondary N) is 2. The molecular formula is C15H31N3O2S. The molecular weight excluding hydrogens is 286 g/mol. The third-order valence-electron chi connectivity index (χ3n) is 4.99. The van der Waals surface area contributed by atoms with E-state index in [2.05, 4.69) is 17.0 Å². The smallest absolute Gasteiger partial charge is 0.279 e. The zero-order valence-electron chi connectivity index (χ0n) is 13.5. The fraction of sp³-hybridized carbons (Fsp3) is 1.00. The second kappa shape index (κ2) is 7.90. The quantitative estimate of drug-likeness (QED) is 0.784. The maximum atomic E-state index is 12.6. The van der Waals surface area contributed by atoms with E-state index in [0.717, 1.165) is 45.1 Å². The van der Waals surface area contributed by atoms with Gasteiger partial charge in [0.1, 0.15) is 0 Å². The van der Waals surface area contributed by atoms with E-state index in [1.54, 1.807) is 4.31 Å². The average molecular weight is 317 g/mol. The van der Waals surface area contributed by atoms with Gasteiger partial charge in [-0.3, -0.25) is 0 Å². The Kier molecular flexibility index (Phi) is 6.47. The molecule has 1 saturated carbocycles. The molecule has 0 radical (unpaired) electrons. The van der Waals surface area contributed by atoms with Crippen LogP contribution in [0.4, 0.5) is 0 Å². The van der Waals surface area contributed by atoms with E-state index in [0.29, 0.717) is 24.9 Å². The number of hydrogen-bond acceptors (Lipinski definition) is 3. The largest absolute Gasteiger partial charge is 0.319 e. The van der Waals surface area contributed by atoms with Crippen LogP contribution in [0, 0.1) is 11.8 Å². The first-order chi connectivity index (χ1) is 10.0. The van der Waals surface area contributed by atoms with Gasteiger partial charge in [0.25, 0.3) is 10.2 Å². The highest BCUT2D eigenvalue weighted by Gasteiger charge is 2.31. The van der Waals surface area contributed by atoms with Gasteiger partial charge in [0.2, 0.25) is 0 Å². The molecule has 2 rings (SSSR count). The fourth-order valence-electron chi connectivity index (χ4n) is 3.75. The van der Waals surface area contributed by atoms with Crippen molar-refractivity contribution in [2.75, 3.05) is 26.7 Å². The lowest BCUT2D eigenvalue weighted by Crippen LogP contribution is -2.50. The van der Waals surface area contributed by atoms with Crippen molar-refractivity contribution in [3.63, 3.8) is 0 Å². The molecule has 2 fully saturated rings. The summed E-state index contributed by atoms with van der Waals surface area (Å²) in [6.45, 7) is 4.42. The summed E-state index contributed by atoms with van der Waals surface area (Å²) >= 11 is 0. The molecule has 1 saturated heterocycles. The van der Waals surface area contributed by atoms with Crippen LogP contribution in [-0.4, -0.2) is 45.4 Å². The summed E-state index contributed by atoms with van der Waals surface area (Å²) in [4.78, 5) is 0. The van der Waals surface area contributed by atoms with Crippen molar-refractivity contribution < 1.29 is 8.42 Å². The van der Waals surface area contributed by atoms with E-state index in [-0.39, 0.29) is 6.04 Å². The van der Waals surface area contributed by atoms with Crippen LogP contribution in [-0.2, 0) is 10.2 Å². The Bertz CT molecular complexity index is 411. The predicted octanol–water partition coefficient (Wildman–Crippen LogP) is 1.72. The number of rotatable bonds is 6. The summed E-state index contributed by atoms with van der Waals surface area (Å²) < 4.78 is 29.8. The third kappa shape index (κ3) is 4.91. The second-order valence-electron chi connectivity index (χ2n) is 6.68. The first-order valence-corrected chi connectivity index (χ1v) is 9.91. The van der Waals surface area contributed by atoms with Gasteiger partial charge < -0.3 is 5.32 Å². The molecule has 2 aliphatic rings. The van der Waals surface area contributed by atoms with E-state index >= 15 is 0 Å². The van der Waals surface area contributed by atoms with Crippen molar-refractivity contribution >= 4 is 10.2 Å². The van der Waals surface area contributed by atoms with Crippen molar-refractivity contribution in [3.05, 3.63) is 0 Å². The molecule has 124 valence electrons. The SMILES string of the molecule is CCC1CCCC(NS(=O)(=O)N2CCCC(CNC)C2)C1. The molecule has 1 heterocycles. The molecule has 1 aliphatic heterocycles. The van der Waals surface area contributed by atoms with Gasteiger partial charge in [-0.25, -0.2) is 0 Å². The zero-order chi connectivity index (χ0) is 15.3. The van der Waals surface area contributed by atoms with Gasteiger partial charge in [0.15, 0.2) is 0 Å². The molecule has 0 bridgehead atoms. The van der Waals surface area contributed by atoms with Crippen LogP contribution in [0.2, 0.25) is 0 Å². The molecule has 0 aromatic rings. The molecule has 0 aromatic carbocycles. The number of piperidine rings is 1. The van der Waals surface area contributed by atoms with E-state index in [4.69, 9.17) is 0 Å². The van der Waals surface area contributed by atoms with Crippen LogP contribution in [0.3, 0.4) is 0 Å². The van der Waals surface area contributed by atoms with Crippen LogP contribution in [0.1, 0.15) is 51.9 Å². The molecule has 21 heavy (non-hydrogen) atoms. The lowest BCUT2D eigenvalue weighted by Gasteiger charge is -2.35. The Labute approximate surface area is 130 Å². The summed E-state index contributed by atoms with van der Waals surface area (Å²) in [7, 11) is -1.38. The normalized spacial score (nSPS) is 32.2. The molecule has 3 atom stereocenters. The second-order valence-corrected chi connectivity index (χ2v) is 8.39. The molecule has 5 nitrogen and oxygen atoms in total. The number of hydrogen-bond donors (Lipinski definition) is 2. The van der Waals surface area contributed by atoms with Crippen LogP contribution < -0.4 is 10.0 Å². The maximum Gasteiger partial charge on any atom is 0.279 e. The van der Waals surface area contributed by atoms with Gasteiger partial charge in [0, 0.05) is 19.1 Å². The maximum absolute atomic E-state index is 12.6. The standard InChI is InChI=1S/C15H31N3O2S/c1-3-13-6-4-8-15(10-13)17-21(19,20)18-9-5-7-14(12-18)11-16-2/h13-17H,3-12H2,1-2H3. The first-order valence-electron chi connectivity index (χ1n) is 8.47. The Hall–Kier alpha value is -0.170. The Morgan fingerprint density at radius 2 is 1.90 bits per heavy atom. The van der Waals surface area contributed by atoms with E-state index in [1.165, 1.54) is 6.42 Å². The lowest BCUT2D eigenvalue weighted by molar-refractivity contribution is 0.252. The van der Waals surface area contributed by atoms with Crippen LogP contribution in [0.25, 0.3) is 0 Å². The summed E-state index contributed by atoms with van der Waals surface area (Å²) in [5.41, 5.74) is 0. The van der Waals surface area contributed by atoms with Crippen molar-refractivity contribution in [2.24, 2.45) is 11.8 Å². The summed E-state index contributed by atoms with van der Waals surface area (Å²) in [5, 5.41) is 3.16. The molecule has 1 aliphatic carbocycles. The minimum atomic E-state index is -3.31. The van der Waals surface area contributed by atoms with Gasteiger partial charge >= 0.3 is 0 Å². The van der Waals surface area contributed by atoms with Gasteiger partial charge in [-0.15, -0.1) is 0 Å². The minimum absolute atomic E-state index is 0.137. The highest BCUT2D eigenvalue weighted by molar-refractivity contribution is 7.87. The minimum Gasteiger partial charge on any atom is -0.319 e. The Morgan fingerprint density at radius 1 is 1.14 bits per heavy atom. The molecule has 0 aromatic heterocycles. The van der Waals surface area contributed by atoms with Crippen LogP contribution >= 0.6 is 0 Å². The topological polar surface area (TPSA) is 61.4 Å². The van der Waals surface area contributed by atoms with Crippen molar-refractivity contribution in [3.8, 4) is 0 Å². The number of nitrogens with zero attached hydrogens (tertiary/aromatic N) is 1. The highest BCUT2D eigenvalue weighted by atomic mass is 32.2. The predicted molar refractivity (Wildman–Crippen MR) is 86.3 cm³/mol. The third-order valence-corrected chi connectivity index (χ3v) is 6.63. The highest BCUT2D eigenvalue weighted by Crippen LogP contribution is 2.27. The summed E-state index contributed by atoms with van der Waals surface area (Å²) in [5.74, 6) is 1.12. The summed E-state index contributed by atoms with van der Waals surface area (Å²) in [6.07, 6.45) is 7.64. The molecule has 2 N–H and O–H groups in total. The Balaban J connectivity index is 1.91. The monoisotopic (exact) mass is 317 g/mol. The van der Waals surface area contributed by atoms with Crippen LogP contribution in [0.15, 0.2) is 0 Å². The van der Waals surface area contributed by atoms with Gasteiger partial charge in [-0.05, 0) is 51.1 Å². The zero-order valence-corrected chi connectivity index (χ0v) is 14.3. The van der Waals surface area contributed by atoms with E-state index in [9.17, 15) is 8.42 Å². The van der Waals surface area contributed by atoms with Gasteiger partial charge in [-0.1, -0.05) is 26.2 Å². The lowest BCUT2D eigenvalue weighted by atomic mass is 9.85. The molecule has 0 spiro atoms. The fourth-order valence-corrected chi connectivity index (χ4v) is 5.32. The van der Waals surface area contributed by atoms with Crippen molar-refractivity contribution in [1.82, 2.24) is 14.3 Å². The van der Waals surface area contributed by atoms with Gasteiger partial charge in [0.05, 0.1) is 0 Å². The van der Waals surface area contributed by atoms with Crippen molar-refractivity contribution in [1.29, 1.82) is 0 Å². The van der Waals surface area contributed by atoms with Gasteiger partial charge in [-0.2, -0.15) is 17.4 Å². The van der Waals surface area contributed by atoms with E-state index in [1.807, 2.05) is 7.05 Å². The molecule has 3 unspecified atom stereocenters. The summed E-state index contributed by atoms with van der Waals surface area (Å²) in [6, 6.07) is 0.137. The Morgan fingerprint density at radius 3 is 2.62 bits per heavy atom.